The molecule has 3 aromatic rings. The molecule has 0 atom stereocenters. The predicted octanol–water partition coefficient (Wildman–Crippen LogP) is 3.56. The zero-order valence-electron chi connectivity index (χ0n) is 13.4. The van der Waals surface area contributed by atoms with Crippen molar-refractivity contribution in [1.29, 1.82) is 0 Å². The largest absolute Gasteiger partial charge is 0.338 e. The third-order valence-corrected chi connectivity index (χ3v) is 3.86. The Morgan fingerprint density at radius 3 is 2.88 bits per heavy atom. The number of nitrogens with one attached hydrogen (secondary N) is 2. The number of anilines is 1. The van der Waals surface area contributed by atoms with E-state index in [1.54, 1.807) is 18.3 Å². The number of benzene rings is 1. The number of carbonyl (C=O) groups is 1. The first-order valence-corrected chi connectivity index (χ1v) is 7.91. The van der Waals surface area contributed by atoms with Crippen LogP contribution in [0, 0.1) is 5.82 Å². The number of hydrogen-bond donors (Lipinski definition) is 2. The number of nitrogens with zero attached hydrogens (tertiary/aromatic N) is 2. The minimum Gasteiger partial charge on any atom is -0.338 e. The predicted molar refractivity (Wildman–Crippen MR) is 92.5 cm³/mol. The molecule has 6 heteroatoms. The van der Waals surface area contributed by atoms with Gasteiger partial charge in [-0.15, -0.1) is 0 Å². The second kappa shape index (κ2) is 7.12. The fourth-order valence-electron chi connectivity index (χ4n) is 2.68. The van der Waals surface area contributed by atoms with Crippen LogP contribution < -0.4 is 10.6 Å². The Labute approximate surface area is 139 Å². The molecule has 24 heavy (non-hydrogen) atoms. The van der Waals surface area contributed by atoms with E-state index < -0.39 is 11.8 Å². The lowest BCUT2D eigenvalue weighted by molar-refractivity contribution is 0.252. The molecule has 124 valence electrons. The highest BCUT2D eigenvalue weighted by Crippen LogP contribution is 2.19. The lowest BCUT2D eigenvalue weighted by Gasteiger charge is -2.08. The first kappa shape index (κ1) is 16.0. The van der Waals surface area contributed by atoms with Crippen LogP contribution >= 0.6 is 0 Å². The number of amides is 2. The highest BCUT2D eigenvalue weighted by atomic mass is 19.1. The van der Waals surface area contributed by atoms with E-state index in [0.29, 0.717) is 13.0 Å². The third kappa shape index (κ3) is 3.37. The van der Waals surface area contributed by atoms with Gasteiger partial charge in [0, 0.05) is 30.9 Å². The quantitative estimate of drug-likeness (QED) is 0.753. The van der Waals surface area contributed by atoms with Crippen LogP contribution in [0.2, 0.25) is 0 Å². The van der Waals surface area contributed by atoms with Gasteiger partial charge in [0.15, 0.2) is 0 Å². The van der Waals surface area contributed by atoms with Gasteiger partial charge in [-0.2, -0.15) is 0 Å². The van der Waals surface area contributed by atoms with Crippen LogP contribution in [0.25, 0.3) is 11.0 Å². The molecular formula is C18H19FN4O. The Hall–Kier alpha value is -2.89. The Morgan fingerprint density at radius 1 is 1.25 bits per heavy atom. The van der Waals surface area contributed by atoms with Gasteiger partial charge in [0.25, 0.3) is 0 Å². The average molecular weight is 326 g/mol. The molecule has 2 heterocycles. The summed E-state index contributed by atoms with van der Waals surface area (Å²) < 4.78 is 15.6. The number of halogens is 1. The second-order valence-corrected chi connectivity index (χ2v) is 5.43. The van der Waals surface area contributed by atoms with Crippen LogP contribution in [-0.4, -0.2) is 22.1 Å². The summed E-state index contributed by atoms with van der Waals surface area (Å²) in [6.07, 6.45) is 4.52. The van der Waals surface area contributed by atoms with Gasteiger partial charge in [-0.25, -0.2) is 14.2 Å². The summed E-state index contributed by atoms with van der Waals surface area (Å²) >= 11 is 0. The fraction of sp³-hybridized carbons (Fsp3) is 0.222. The van der Waals surface area contributed by atoms with E-state index in [1.807, 2.05) is 12.1 Å². The number of rotatable bonds is 5. The van der Waals surface area contributed by atoms with Crippen molar-refractivity contribution in [3.8, 4) is 0 Å². The highest BCUT2D eigenvalue weighted by Gasteiger charge is 2.09. The number of para-hydroxylation sites is 1. The maximum Gasteiger partial charge on any atom is 0.319 e. The molecule has 0 saturated carbocycles. The first-order chi connectivity index (χ1) is 11.7. The molecular weight excluding hydrogens is 307 g/mol. The summed E-state index contributed by atoms with van der Waals surface area (Å²) in [5.41, 5.74) is 2.25. The molecule has 2 amide bonds. The maximum atomic E-state index is 13.5. The van der Waals surface area contributed by atoms with E-state index in [0.717, 1.165) is 23.1 Å². The summed E-state index contributed by atoms with van der Waals surface area (Å²) in [7, 11) is 0. The van der Waals surface area contributed by atoms with Crippen molar-refractivity contribution in [3.63, 3.8) is 0 Å². The van der Waals surface area contributed by atoms with Gasteiger partial charge in [0.05, 0.1) is 5.69 Å². The van der Waals surface area contributed by atoms with Crippen molar-refractivity contribution in [2.75, 3.05) is 11.9 Å². The summed E-state index contributed by atoms with van der Waals surface area (Å²) in [5, 5.41) is 6.35. The van der Waals surface area contributed by atoms with Gasteiger partial charge in [-0.05, 0) is 43.2 Å². The second-order valence-electron chi connectivity index (χ2n) is 5.43. The van der Waals surface area contributed by atoms with Gasteiger partial charge in [0.2, 0.25) is 0 Å². The van der Waals surface area contributed by atoms with Crippen LogP contribution in [0.15, 0.2) is 48.8 Å². The molecule has 0 aliphatic rings. The number of aryl methyl sites for hydroxylation is 1. The minimum absolute atomic E-state index is 0.168. The summed E-state index contributed by atoms with van der Waals surface area (Å²) in [5.74, 6) is -0.454. The van der Waals surface area contributed by atoms with Crippen LogP contribution in [0.4, 0.5) is 14.9 Å². The van der Waals surface area contributed by atoms with Gasteiger partial charge in [-0.3, -0.25) is 0 Å². The van der Waals surface area contributed by atoms with Gasteiger partial charge in [0.1, 0.15) is 11.5 Å². The molecule has 0 fully saturated rings. The number of carbonyl (C=O) groups excluding carboxylic acids is 1. The lowest BCUT2D eigenvalue weighted by atomic mass is 10.1. The molecule has 1 aromatic carbocycles. The zero-order valence-corrected chi connectivity index (χ0v) is 13.4. The van der Waals surface area contributed by atoms with E-state index in [9.17, 15) is 9.18 Å². The molecule has 0 bridgehead atoms. The molecule has 3 rings (SSSR count). The Balaban J connectivity index is 1.61. The molecule has 0 unspecified atom stereocenters. The minimum atomic E-state index is -0.454. The van der Waals surface area contributed by atoms with E-state index >= 15 is 0 Å². The Morgan fingerprint density at radius 2 is 2.08 bits per heavy atom. The molecule has 0 spiro atoms. The smallest absolute Gasteiger partial charge is 0.319 e. The lowest BCUT2D eigenvalue weighted by Crippen LogP contribution is -2.30. The standard InChI is InChI=1S/C18H19FN4O/c1-2-23-12-13(14-6-5-10-20-17(14)23)9-11-21-18(24)22-16-8-4-3-7-15(16)19/h3-8,10,12H,2,9,11H2,1H3,(H2,21,22,24). The van der Waals surface area contributed by atoms with Crippen molar-refractivity contribution in [2.45, 2.75) is 19.9 Å². The molecule has 5 nitrogen and oxygen atoms in total. The van der Waals surface area contributed by atoms with Crippen LogP contribution in [-0.2, 0) is 13.0 Å². The third-order valence-electron chi connectivity index (χ3n) is 3.86. The number of fused-ring (bicyclic) bond motifs is 1. The fourth-order valence-corrected chi connectivity index (χ4v) is 2.68. The highest BCUT2D eigenvalue weighted by molar-refractivity contribution is 5.89. The van der Waals surface area contributed by atoms with E-state index in [1.165, 1.54) is 12.1 Å². The molecule has 0 aliphatic carbocycles. The van der Waals surface area contributed by atoms with Gasteiger partial charge >= 0.3 is 6.03 Å². The monoisotopic (exact) mass is 326 g/mol. The molecule has 0 radical (unpaired) electrons. The van der Waals surface area contributed by atoms with Crippen molar-refractivity contribution >= 4 is 22.8 Å². The van der Waals surface area contributed by atoms with Crippen LogP contribution in [0.1, 0.15) is 12.5 Å². The van der Waals surface area contributed by atoms with E-state index in [4.69, 9.17) is 0 Å². The SMILES string of the molecule is CCn1cc(CCNC(=O)Nc2ccccc2F)c2cccnc21. The van der Waals surface area contributed by atoms with Crippen molar-refractivity contribution in [1.82, 2.24) is 14.9 Å². The summed E-state index contributed by atoms with van der Waals surface area (Å²) in [6.45, 7) is 3.37. The number of urea groups is 1. The topological polar surface area (TPSA) is 59.0 Å². The van der Waals surface area contributed by atoms with E-state index in [2.05, 4.69) is 33.3 Å². The summed E-state index contributed by atoms with van der Waals surface area (Å²) in [6, 6.07) is 9.60. The molecule has 2 N–H and O–H groups in total. The number of pyridine rings is 1. The van der Waals surface area contributed by atoms with E-state index in [-0.39, 0.29) is 5.69 Å². The molecule has 0 aliphatic heterocycles. The van der Waals surface area contributed by atoms with Crippen molar-refractivity contribution < 1.29 is 9.18 Å². The Kier molecular flexibility index (Phi) is 4.74. The number of hydrogen-bond acceptors (Lipinski definition) is 2. The normalized spacial score (nSPS) is 10.8. The van der Waals surface area contributed by atoms with Crippen molar-refractivity contribution in [3.05, 3.63) is 60.2 Å². The first-order valence-electron chi connectivity index (χ1n) is 7.91. The molecule has 2 aromatic heterocycles. The van der Waals surface area contributed by atoms with Crippen LogP contribution in [0.5, 0.6) is 0 Å². The maximum absolute atomic E-state index is 13.5. The van der Waals surface area contributed by atoms with Crippen LogP contribution in [0.3, 0.4) is 0 Å². The summed E-state index contributed by atoms with van der Waals surface area (Å²) in [4.78, 5) is 16.3. The molecule has 0 saturated heterocycles. The Bertz CT molecular complexity index is 859. The van der Waals surface area contributed by atoms with Gasteiger partial charge < -0.3 is 15.2 Å². The zero-order chi connectivity index (χ0) is 16.9. The van der Waals surface area contributed by atoms with Crippen molar-refractivity contribution in [2.24, 2.45) is 0 Å². The average Bonchev–Trinajstić information content (AvgIpc) is 2.95. The van der Waals surface area contributed by atoms with Gasteiger partial charge in [-0.1, -0.05) is 12.1 Å². The number of aromatic nitrogens is 2.